The summed E-state index contributed by atoms with van der Waals surface area (Å²) in [7, 11) is 0. The summed E-state index contributed by atoms with van der Waals surface area (Å²) in [5.41, 5.74) is 7.43. The summed E-state index contributed by atoms with van der Waals surface area (Å²) >= 11 is 1.60. The van der Waals surface area contributed by atoms with Gasteiger partial charge in [-0.15, -0.1) is 18.3 Å². The number of carbonyl (C=O) groups excluding carboxylic acids is 1. The second-order valence-corrected chi connectivity index (χ2v) is 6.54. The number of anilines is 2. The van der Waals surface area contributed by atoms with Crippen molar-refractivity contribution in [2.75, 3.05) is 17.2 Å². The van der Waals surface area contributed by atoms with Crippen LogP contribution in [-0.2, 0) is 4.79 Å². The lowest BCUT2D eigenvalue weighted by Gasteiger charge is -2.38. The molecule has 0 saturated heterocycles. The molecule has 1 amide bonds. The van der Waals surface area contributed by atoms with Gasteiger partial charge < -0.3 is 10.6 Å². The number of fused-ring (bicyclic) bond motifs is 1. The van der Waals surface area contributed by atoms with Crippen molar-refractivity contribution in [3.63, 3.8) is 0 Å². The Morgan fingerprint density at radius 1 is 1.50 bits per heavy atom. The number of rotatable bonds is 3. The van der Waals surface area contributed by atoms with Crippen LogP contribution < -0.4 is 10.6 Å². The number of carbonyl (C=O) groups is 1. The van der Waals surface area contributed by atoms with E-state index in [-0.39, 0.29) is 5.91 Å². The van der Waals surface area contributed by atoms with Crippen LogP contribution in [0, 0.1) is 0 Å². The Morgan fingerprint density at radius 2 is 2.22 bits per heavy atom. The van der Waals surface area contributed by atoms with Gasteiger partial charge in [0.15, 0.2) is 0 Å². The topological polar surface area (TPSA) is 46.3 Å². The SMILES string of the molecule is C=CCCN1C(=O)C(C)(C)Sc2ccc(N)cc21. The molecule has 0 bridgehead atoms. The molecule has 2 N–H and O–H groups in total. The van der Waals surface area contributed by atoms with E-state index in [1.807, 2.05) is 43.0 Å². The summed E-state index contributed by atoms with van der Waals surface area (Å²) in [5.74, 6) is 0.132. The molecule has 2 rings (SSSR count). The van der Waals surface area contributed by atoms with E-state index in [0.717, 1.165) is 17.0 Å². The van der Waals surface area contributed by atoms with Crippen molar-refractivity contribution in [3.8, 4) is 0 Å². The molecule has 3 nitrogen and oxygen atoms in total. The summed E-state index contributed by atoms with van der Waals surface area (Å²) in [5, 5.41) is 0. The first-order valence-corrected chi connectivity index (χ1v) is 6.79. The number of nitrogens with two attached hydrogens (primary N) is 1. The van der Waals surface area contributed by atoms with Crippen molar-refractivity contribution >= 4 is 29.0 Å². The molecule has 18 heavy (non-hydrogen) atoms. The number of amides is 1. The largest absolute Gasteiger partial charge is 0.399 e. The molecule has 96 valence electrons. The Morgan fingerprint density at radius 3 is 2.89 bits per heavy atom. The van der Waals surface area contributed by atoms with E-state index in [1.165, 1.54) is 0 Å². The fraction of sp³-hybridized carbons (Fsp3) is 0.357. The van der Waals surface area contributed by atoms with Crippen LogP contribution in [0.25, 0.3) is 0 Å². The minimum absolute atomic E-state index is 0.132. The molecular weight excluding hydrogens is 244 g/mol. The van der Waals surface area contributed by atoms with Crippen LogP contribution in [0.15, 0.2) is 35.7 Å². The maximum absolute atomic E-state index is 12.5. The number of benzene rings is 1. The molecule has 0 unspecified atom stereocenters. The fourth-order valence-electron chi connectivity index (χ4n) is 2.03. The second-order valence-electron chi connectivity index (χ2n) is 4.87. The highest BCUT2D eigenvalue weighted by atomic mass is 32.2. The summed E-state index contributed by atoms with van der Waals surface area (Å²) in [6, 6.07) is 5.74. The van der Waals surface area contributed by atoms with Gasteiger partial charge in [-0.1, -0.05) is 6.08 Å². The van der Waals surface area contributed by atoms with E-state index in [4.69, 9.17) is 5.73 Å². The van der Waals surface area contributed by atoms with Gasteiger partial charge in [-0.05, 0) is 38.5 Å². The van der Waals surface area contributed by atoms with Crippen molar-refractivity contribution in [3.05, 3.63) is 30.9 Å². The number of thioether (sulfide) groups is 1. The maximum atomic E-state index is 12.5. The zero-order valence-electron chi connectivity index (χ0n) is 10.8. The minimum atomic E-state index is -0.426. The first-order valence-electron chi connectivity index (χ1n) is 5.97. The van der Waals surface area contributed by atoms with Gasteiger partial charge >= 0.3 is 0 Å². The van der Waals surface area contributed by atoms with E-state index in [2.05, 4.69) is 6.58 Å². The first-order chi connectivity index (χ1) is 8.45. The average Bonchev–Trinajstić information content (AvgIpc) is 2.31. The average molecular weight is 262 g/mol. The molecule has 0 atom stereocenters. The van der Waals surface area contributed by atoms with Gasteiger partial charge in [-0.25, -0.2) is 0 Å². The fourth-order valence-corrected chi connectivity index (χ4v) is 3.18. The molecule has 0 aliphatic carbocycles. The van der Waals surface area contributed by atoms with Gasteiger partial charge in [0, 0.05) is 17.1 Å². The standard InChI is InChI=1S/C14H18N2OS/c1-4-5-8-16-11-9-10(15)6-7-12(11)18-14(2,3)13(16)17/h4,6-7,9H,1,5,8,15H2,2-3H3. The lowest BCUT2D eigenvalue weighted by atomic mass is 10.1. The minimum Gasteiger partial charge on any atom is -0.399 e. The molecule has 0 radical (unpaired) electrons. The van der Waals surface area contributed by atoms with Crippen LogP contribution in [0.5, 0.6) is 0 Å². The summed E-state index contributed by atoms with van der Waals surface area (Å²) < 4.78 is -0.426. The molecule has 1 aromatic rings. The number of hydrogen-bond acceptors (Lipinski definition) is 3. The molecule has 1 aliphatic rings. The number of nitrogens with zero attached hydrogens (tertiary/aromatic N) is 1. The van der Waals surface area contributed by atoms with Crippen LogP contribution >= 0.6 is 11.8 Å². The molecule has 0 fully saturated rings. The van der Waals surface area contributed by atoms with Crippen LogP contribution in [-0.4, -0.2) is 17.2 Å². The van der Waals surface area contributed by atoms with Gasteiger partial charge in [0.2, 0.25) is 5.91 Å². The third-order valence-corrected chi connectivity index (χ3v) is 4.21. The Kier molecular flexibility index (Phi) is 3.39. The maximum Gasteiger partial charge on any atom is 0.243 e. The normalized spacial score (nSPS) is 17.4. The summed E-state index contributed by atoms with van der Waals surface area (Å²) in [6.07, 6.45) is 2.61. The highest BCUT2D eigenvalue weighted by Crippen LogP contribution is 2.45. The smallest absolute Gasteiger partial charge is 0.243 e. The molecule has 1 aliphatic heterocycles. The van der Waals surface area contributed by atoms with Crippen LogP contribution in [0.1, 0.15) is 20.3 Å². The van der Waals surface area contributed by atoms with Gasteiger partial charge in [0.25, 0.3) is 0 Å². The molecule has 4 heteroatoms. The Balaban J connectivity index is 2.46. The van der Waals surface area contributed by atoms with Gasteiger partial charge in [0.1, 0.15) is 0 Å². The van der Waals surface area contributed by atoms with E-state index >= 15 is 0 Å². The first kappa shape index (κ1) is 13.0. The monoisotopic (exact) mass is 262 g/mol. The van der Waals surface area contributed by atoms with Crippen LogP contribution in [0.2, 0.25) is 0 Å². The highest BCUT2D eigenvalue weighted by molar-refractivity contribution is 8.01. The second kappa shape index (κ2) is 4.69. The molecular formula is C14H18N2OS. The quantitative estimate of drug-likeness (QED) is 0.672. The molecule has 0 saturated carbocycles. The number of nitrogen functional groups attached to an aromatic ring is 1. The summed E-state index contributed by atoms with van der Waals surface area (Å²) in [4.78, 5) is 15.4. The summed E-state index contributed by atoms with van der Waals surface area (Å²) in [6.45, 7) is 8.28. The molecule has 1 aromatic carbocycles. The zero-order chi connectivity index (χ0) is 13.3. The van der Waals surface area contributed by atoms with Crippen molar-refractivity contribution in [1.82, 2.24) is 0 Å². The lowest BCUT2D eigenvalue weighted by Crippen LogP contribution is -2.46. The Hall–Kier alpha value is -1.42. The van der Waals surface area contributed by atoms with E-state index < -0.39 is 4.75 Å². The van der Waals surface area contributed by atoms with Gasteiger partial charge in [-0.3, -0.25) is 4.79 Å². The Bertz CT molecular complexity index is 497. The predicted octanol–water partition coefficient (Wildman–Crippen LogP) is 3.06. The molecule has 1 heterocycles. The Labute approximate surface area is 112 Å². The molecule has 0 spiro atoms. The van der Waals surface area contributed by atoms with Gasteiger partial charge in [-0.2, -0.15) is 0 Å². The molecule has 0 aromatic heterocycles. The number of hydrogen-bond donors (Lipinski definition) is 1. The third kappa shape index (κ3) is 2.25. The van der Waals surface area contributed by atoms with Crippen molar-refractivity contribution in [2.45, 2.75) is 29.9 Å². The van der Waals surface area contributed by atoms with Crippen LogP contribution in [0.4, 0.5) is 11.4 Å². The third-order valence-electron chi connectivity index (χ3n) is 2.96. The van der Waals surface area contributed by atoms with Gasteiger partial charge in [0.05, 0.1) is 10.4 Å². The highest BCUT2D eigenvalue weighted by Gasteiger charge is 2.39. The van der Waals surface area contributed by atoms with Crippen molar-refractivity contribution in [2.24, 2.45) is 0 Å². The van der Waals surface area contributed by atoms with E-state index in [1.54, 1.807) is 11.8 Å². The zero-order valence-corrected chi connectivity index (χ0v) is 11.6. The van der Waals surface area contributed by atoms with E-state index in [9.17, 15) is 4.79 Å². The predicted molar refractivity (Wildman–Crippen MR) is 78.0 cm³/mol. The van der Waals surface area contributed by atoms with Crippen molar-refractivity contribution < 1.29 is 4.79 Å². The lowest BCUT2D eigenvalue weighted by molar-refractivity contribution is -0.120. The van der Waals surface area contributed by atoms with E-state index in [0.29, 0.717) is 12.2 Å². The van der Waals surface area contributed by atoms with Crippen LogP contribution in [0.3, 0.4) is 0 Å². The van der Waals surface area contributed by atoms with Crippen molar-refractivity contribution in [1.29, 1.82) is 0 Å².